The van der Waals surface area contributed by atoms with Gasteiger partial charge in [-0.3, -0.25) is 9.80 Å². The van der Waals surface area contributed by atoms with Gasteiger partial charge >= 0.3 is 0 Å². The number of hydrogen-bond acceptors (Lipinski definition) is 2. The Morgan fingerprint density at radius 3 is 2.05 bits per heavy atom. The van der Waals surface area contributed by atoms with Gasteiger partial charge in [0, 0.05) is 41.8 Å². The third-order valence-corrected chi connectivity index (χ3v) is 5.69. The topological polar surface area (TPSA) is 6.48 Å². The number of halogens is 2. The van der Waals surface area contributed by atoms with E-state index in [0.29, 0.717) is 22.0 Å². The summed E-state index contributed by atoms with van der Waals surface area (Å²) in [5.41, 5.74) is 2.10. The molecule has 0 N–H and O–H groups in total. The quantitative estimate of drug-likeness (QED) is 0.772. The Hall–Kier alpha value is -0.280. The van der Waals surface area contributed by atoms with Crippen molar-refractivity contribution in [2.24, 2.45) is 10.8 Å². The van der Waals surface area contributed by atoms with Gasteiger partial charge in [0.1, 0.15) is 0 Å². The van der Waals surface area contributed by atoms with Crippen LogP contribution in [0.2, 0.25) is 10.0 Å². The summed E-state index contributed by atoms with van der Waals surface area (Å²) in [6.07, 6.45) is 1.69. The molecule has 4 fully saturated rings. The first-order valence-corrected chi connectivity index (χ1v) is 8.06. The molecule has 1 aromatic carbocycles. The Bertz CT molecular complexity index is 536. The van der Waals surface area contributed by atoms with Crippen LogP contribution in [0, 0.1) is 10.8 Å². The minimum Gasteiger partial charge on any atom is -0.283 e. The minimum atomic E-state index is 0.334. The third kappa shape index (κ3) is 1.93. The maximum Gasteiger partial charge on any atom is 0.0901 e. The monoisotopic (exact) mass is 310 g/mol. The zero-order chi connectivity index (χ0) is 14.1. The fourth-order valence-electron chi connectivity index (χ4n) is 5.11. The fourth-order valence-corrected chi connectivity index (χ4v) is 5.61. The first kappa shape index (κ1) is 13.4. The summed E-state index contributed by atoms with van der Waals surface area (Å²) in [6, 6.07) is 5.93. The lowest BCUT2D eigenvalue weighted by Crippen LogP contribution is -2.70. The van der Waals surface area contributed by atoms with E-state index in [0.717, 1.165) is 5.02 Å². The van der Waals surface area contributed by atoms with Gasteiger partial charge < -0.3 is 0 Å². The zero-order valence-corrected chi connectivity index (χ0v) is 13.5. The molecule has 108 valence electrons. The van der Waals surface area contributed by atoms with Gasteiger partial charge in [0.15, 0.2) is 0 Å². The Morgan fingerprint density at radius 2 is 1.55 bits per heavy atom. The number of piperidine rings is 2. The van der Waals surface area contributed by atoms with Crippen molar-refractivity contribution in [3.63, 3.8) is 0 Å². The normalized spacial score (nSPS) is 45.9. The summed E-state index contributed by atoms with van der Waals surface area (Å²) in [5, 5.41) is 1.51. The SMILES string of the molecule is CC12CN3CC(C)(CN(C1)C3c1ccc(Cl)cc1Cl)C2. The van der Waals surface area contributed by atoms with E-state index >= 15 is 0 Å². The second kappa shape index (κ2) is 4.13. The molecule has 0 spiro atoms. The van der Waals surface area contributed by atoms with Gasteiger partial charge in [-0.15, -0.1) is 0 Å². The van der Waals surface area contributed by atoms with E-state index in [1.54, 1.807) is 0 Å². The molecular formula is C16H20Cl2N2. The summed E-state index contributed by atoms with van der Waals surface area (Å²) in [4.78, 5) is 5.23. The Kier molecular flexibility index (Phi) is 2.77. The van der Waals surface area contributed by atoms with Crippen molar-refractivity contribution >= 4 is 23.2 Å². The van der Waals surface area contributed by atoms with E-state index in [1.165, 1.54) is 38.2 Å². The van der Waals surface area contributed by atoms with Gasteiger partial charge in [-0.05, 0) is 29.4 Å². The molecule has 2 nitrogen and oxygen atoms in total. The van der Waals surface area contributed by atoms with Crippen molar-refractivity contribution in [2.45, 2.75) is 26.4 Å². The summed E-state index contributed by atoms with van der Waals surface area (Å²) in [5.74, 6) is 0. The van der Waals surface area contributed by atoms with Crippen LogP contribution in [0.3, 0.4) is 0 Å². The van der Waals surface area contributed by atoms with Gasteiger partial charge in [-0.2, -0.15) is 0 Å². The van der Waals surface area contributed by atoms with Crippen molar-refractivity contribution in [1.29, 1.82) is 0 Å². The molecule has 0 amide bonds. The molecule has 0 saturated carbocycles. The highest BCUT2D eigenvalue weighted by Gasteiger charge is 2.56. The highest BCUT2D eigenvalue weighted by atomic mass is 35.5. The van der Waals surface area contributed by atoms with Crippen LogP contribution < -0.4 is 0 Å². The summed E-state index contributed by atoms with van der Waals surface area (Å²) in [6.45, 7) is 9.60. The number of rotatable bonds is 1. The molecule has 20 heavy (non-hydrogen) atoms. The van der Waals surface area contributed by atoms with Crippen molar-refractivity contribution in [3.05, 3.63) is 33.8 Å². The predicted octanol–water partition coefficient (Wildman–Crippen LogP) is 4.04. The molecule has 1 aromatic rings. The first-order chi connectivity index (χ1) is 9.38. The molecule has 4 heterocycles. The van der Waals surface area contributed by atoms with Gasteiger partial charge in [-0.1, -0.05) is 43.1 Å². The van der Waals surface area contributed by atoms with Crippen LogP contribution in [-0.4, -0.2) is 36.0 Å². The second-order valence-electron chi connectivity index (χ2n) is 7.65. The summed E-state index contributed by atoms with van der Waals surface area (Å²) < 4.78 is 0. The van der Waals surface area contributed by atoms with Gasteiger partial charge in [0.25, 0.3) is 0 Å². The first-order valence-electron chi connectivity index (χ1n) is 7.31. The van der Waals surface area contributed by atoms with Gasteiger partial charge in [0.2, 0.25) is 0 Å². The van der Waals surface area contributed by atoms with Crippen LogP contribution in [0.15, 0.2) is 18.2 Å². The summed E-state index contributed by atoms with van der Waals surface area (Å²) in [7, 11) is 0. The van der Waals surface area contributed by atoms with E-state index in [4.69, 9.17) is 23.2 Å². The minimum absolute atomic E-state index is 0.334. The van der Waals surface area contributed by atoms with Crippen LogP contribution in [0.25, 0.3) is 0 Å². The molecule has 0 radical (unpaired) electrons. The highest BCUT2D eigenvalue weighted by molar-refractivity contribution is 6.35. The van der Waals surface area contributed by atoms with Crippen LogP contribution >= 0.6 is 23.2 Å². The molecule has 0 aromatic heterocycles. The van der Waals surface area contributed by atoms with E-state index in [1.807, 2.05) is 12.1 Å². The van der Waals surface area contributed by atoms with Crippen LogP contribution in [-0.2, 0) is 0 Å². The molecule has 4 aliphatic heterocycles. The smallest absolute Gasteiger partial charge is 0.0901 e. The molecule has 0 aliphatic carbocycles. The van der Waals surface area contributed by atoms with Crippen molar-refractivity contribution in [3.8, 4) is 0 Å². The van der Waals surface area contributed by atoms with Crippen molar-refractivity contribution in [2.75, 3.05) is 26.2 Å². The lowest BCUT2D eigenvalue weighted by Gasteiger charge is -2.66. The molecule has 0 unspecified atom stereocenters. The van der Waals surface area contributed by atoms with Gasteiger partial charge in [0.05, 0.1) is 6.17 Å². The van der Waals surface area contributed by atoms with Gasteiger partial charge in [-0.25, -0.2) is 0 Å². The molecule has 4 aliphatic rings. The second-order valence-corrected chi connectivity index (χ2v) is 8.49. The van der Waals surface area contributed by atoms with Crippen molar-refractivity contribution < 1.29 is 0 Å². The molecule has 4 heteroatoms. The van der Waals surface area contributed by atoms with E-state index in [-0.39, 0.29) is 0 Å². The third-order valence-electron chi connectivity index (χ3n) is 5.13. The predicted molar refractivity (Wildman–Crippen MR) is 83.2 cm³/mol. The zero-order valence-electron chi connectivity index (χ0n) is 12.0. The molecule has 5 rings (SSSR count). The van der Waals surface area contributed by atoms with E-state index in [2.05, 4.69) is 29.7 Å². The molecule has 4 saturated heterocycles. The lowest BCUT2D eigenvalue weighted by molar-refractivity contribution is -0.194. The average Bonchev–Trinajstić information content (AvgIpc) is 2.27. The molecule has 4 bridgehead atoms. The number of nitrogens with zero attached hydrogens (tertiary/aromatic N) is 2. The van der Waals surface area contributed by atoms with E-state index < -0.39 is 0 Å². The average molecular weight is 311 g/mol. The van der Waals surface area contributed by atoms with E-state index in [9.17, 15) is 0 Å². The maximum atomic E-state index is 6.45. The van der Waals surface area contributed by atoms with Crippen LogP contribution in [0.4, 0.5) is 0 Å². The number of benzene rings is 1. The largest absolute Gasteiger partial charge is 0.283 e. The van der Waals surface area contributed by atoms with Crippen LogP contribution in [0.5, 0.6) is 0 Å². The maximum absolute atomic E-state index is 6.45. The Labute approximate surface area is 130 Å². The fraction of sp³-hybridized carbons (Fsp3) is 0.625. The van der Waals surface area contributed by atoms with Crippen LogP contribution in [0.1, 0.15) is 32.0 Å². The standard InChI is InChI=1S/C16H20Cl2N2/c1-15-6-16(2)9-19(7-15)14(20(8-15)10-16)12-4-3-11(17)5-13(12)18/h3-5,14H,6-10H2,1-2H3. The summed E-state index contributed by atoms with van der Waals surface area (Å²) >= 11 is 12.5. The Morgan fingerprint density at radius 1 is 1.00 bits per heavy atom. The molecular weight excluding hydrogens is 291 g/mol. The van der Waals surface area contributed by atoms with Crippen molar-refractivity contribution in [1.82, 2.24) is 9.80 Å². The number of hydrogen-bond donors (Lipinski definition) is 0. The molecule has 0 atom stereocenters. The lowest BCUT2D eigenvalue weighted by atomic mass is 9.63. The Balaban J connectivity index is 1.74. The highest BCUT2D eigenvalue weighted by Crippen LogP contribution is 2.54.